The molecule has 0 aliphatic carbocycles. The summed E-state index contributed by atoms with van der Waals surface area (Å²) < 4.78 is 0. The van der Waals surface area contributed by atoms with Crippen LogP contribution in [0, 0.1) is 5.92 Å². The van der Waals surface area contributed by atoms with Crippen LogP contribution in [0.25, 0.3) is 0 Å². The molecule has 1 aliphatic rings. The molecule has 1 fully saturated rings. The number of rotatable bonds is 2. The number of carbonyl (C=O) groups is 1. The molecule has 0 bridgehead atoms. The molecule has 0 N–H and O–H groups in total. The van der Waals surface area contributed by atoms with Gasteiger partial charge in [-0.05, 0) is 23.8 Å². The molecule has 4 heteroatoms. The molecule has 0 radical (unpaired) electrons. The summed E-state index contributed by atoms with van der Waals surface area (Å²) >= 11 is 5.04. The zero-order valence-corrected chi connectivity index (χ0v) is 10.2. The molecule has 2 rings (SSSR count). The van der Waals surface area contributed by atoms with Gasteiger partial charge in [0.25, 0.3) is 5.91 Å². The summed E-state index contributed by atoms with van der Waals surface area (Å²) in [7, 11) is 0. The minimum Gasteiger partial charge on any atom is -0.338 e. The molecule has 0 aromatic carbocycles. The maximum absolute atomic E-state index is 11.9. The first-order valence-electron chi connectivity index (χ1n) is 4.68. The van der Waals surface area contributed by atoms with Crippen molar-refractivity contribution in [2.24, 2.45) is 5.92 Å². The zero-order valence-electron chi connectivity index (χ0n) is 7.78. The van der Waals surface area contributed by atoms with Crippen molar-refractivity contribution in [1.82, 2.24) is 4.90 Å². The molecule has 2 nitrogen and oxygen atoms in total. The lowest BCUT2D eigenvalue weighted by molar-refractivity contribution is 0.0789. The Morgan fingerprint density at radius 3 is 3.14 bits per heavy atom. The van der Waals surface area contributed by atoms with Crippen molar-refractivity contribution in [1.29, 1.82) is 0 Å². The lowest BCUT2D eigenvalue weighted by Gasteiger charge is -2.14. The molecule has 1 aromatic rings. The molecule has 1 atom stereocenters. The Kier molecular flexibility index (Phi) is 3.23. The van der Waals surface area contributed by atoms with Crippen LogP contribution in [0.1, 0.15) is 16.8 Å². The third-order valence-electron chi connectivity index (χ3n) is 2.56. The number of likely N-dealkylation sites (tertiary alicyclic amines) is 1. The van der Waals surface area contributed by atoms with E-state index in [0.29, 0.717) is 5.92 Å². The summed E-state index contributed by atoms with van der Waals surface area (Å²) in [6, 6.07) is 1.90. The van der Waals surface area contributed by atoms with Gasteiger partial charge < -0.3 is 4.90 Å². The summed E-state index contributed by atoms with van der Waals surface area (Å²) in [6.45, 7) is 1.81. The molecule has 14 heavy (non-hydrogen) atoms. The van der Waals surface area contributed by atoms with Crippen LogP contribution in [0.15, 0.2) is 16.8 Å². The summed E-state index contributed by atoms with van der Waals surface area (Å²) in [5.74, 6) is 0.826. The number of carbonyl (C=O) groups excluding carboxylic acids is 1. The van der Waals surface area contributed by atoms with Gasteiger partial charge in [0.1, 0.15) is 0 Å². The van der Waals surface area contributed by atoms with Crippen molar-refractivity contribution in [3.8, 4) is 0 Å². The van der Waals surface area contributed by atoms with E-state index in [1.54, 1.807) is 11.3 Å². The summed E-state index contributed by atoms with van der Waals surface area (Å²) in [5, 5.41) is 4.87. The Bertz CT molecular complexity index is 312. The van der Waals surface area contributed by atoms with E-state index in [2.05, 4.69) is 15.9 Å². The van der Waals surface area contributed by atoms with Crippen molar-refractivity contribution in [3.05, 3.63) is 22.4 Å². The molecule has 0 spiro atoms. The molecule has 1 aromatic heterocycles. The van der Waals surface area contributed by atoms with Crippen molar-refractivity contribution in [2.45, 2.75) is 6.42 Å². The Hall–Kier alpha value is -0.350. The topological polar surface area (TPSA) is 20.3 Å². The SMILES string of the molecule is O=C(c1ccsc1)N1CCC(CBr)C1. The maximum atomic E-state index is 11.9. The van der Waals surface area contributed by atoms with E-state index in [4.69, 9.17) is 0 Å². The van der Waals surface area contributed by atoms with Gasteiger partial charge in [0.05, 0.1) is 5.56 Å². The van der Waals surface area contributed by atoms with Crippen LogP contribution >= 0.6 is 27.3 Å². The molecule has 2 heterocycles. The Balaban J connectivity index is 2.00. The molecule has 0 saturated carbocycles. The van der Waals surface area contributed by atoms with Crippen LogP contribution in [-0.2, 0) is 0 Å². The molecule has 1 saturated heterocycles. The monoisotopic (exact) mass is 273 g/mol. The summed E-state index contributed by atoms with van der Waals surface area (Å²) in [6.07, 6.45) is 1.13. The largest absolute Gasteiger partial charge is 0.338 e. The zero-order chi connectivity index (χ0) is 9.97. The minimum atomic E-state index is 0.190. The first-order valence-corrected chi connectivity index (χ1v) is 6.75. The molecular weight excluding hydrogens is 262 g/mol. The highest BCUT2D eigenvalue weighted by molar-refractivity contribution is 9.09. The van der Waals surface area contributed by atoms with Crippen molar-refractivity contribution in [2.75, 3.05) is 18.4 Å². The number of hydrogen-bond acceptors (Lipinski definition) is 2. The normalized spacial score (nSPS) is 21.5. The Morgan fingerprint density at radius 2 is 2.57 bits per heavy atom. The third kappa shape index (κ3) is 2.01. The second kappa shape index (κ2) is 4.45. The number of thiophene rings is 1. The van der Waals surface area contributed by atoms with E-state index in [-0.39, 0.29) is 5.91 Å². The standard InChI is InChI=1S/C10H12BrNOS/c11-5-8-1-3-12(6-8)10(13)9-2-4-14-7-9/h2,4,7-8H,1,3,5-6H2. The van der Waals surface area contributed by atoms with Gasteiger partial charge in [0.2, 0.25) is 0 Å². The van der Waals surface area contributed by atoms with E-state index in [9.17, 15) is 4.79 Å². The Morgan fingerprint density at radius 1 is 1.71 bits per heavy atom. The Labute approximate surface area is 96.0 Å². The fourth-order valence-corrected chi connectivity index (χ4v) is 2.87. The van der Waals surface area contributed by atoms with Crippen LogP contribution in [0.4, 0.5) is 0 Å². The second-order valence-corrected chi connectivity index (χ2v) is 5.00. The predicted octanol–water partition coefficient (Wildman–Crippen LogP) is 2.61. The highest BCUT2D eigenvalue weighted by Gasteiger charge is 2.26. The molecular formula is C10H12BrNOS. The highest BCUT2D eigenvalue weighted by Crippen LogP contribution is 2.20. The highest BCUT2D eigenvalue weighted by atomic mass is 79.9. The third-order valence-corrected chi connectivity index (χ3v) is 4.16. The fourth-order valence-electron chi connectivity index (χ4n) is 1.71. The lowest BCUT2D eigenvalue weighted by Crippen LogP contribution is -2.28. The van der Waals surface area contributed by atoms with Gasteiger partial charge in [-0.3, -0.25) is 4.79 Å². The van der Waals surface area contributed by atoms with Gasteiger partial charge in [-0.15, -0.1) is 0 Å². The van der Waals surface area contributed by atoms with Crippen LogP contribution in [0.5, 0.6) is 0 Å². The average Bonchev–Trinajstić information content (AvgIpc) is 2.88. The maximum Gasteiger partial charge on any atom is 0.254 e. The van der Waals surface area contributed by atoms with E-state index < -0.39 is 0 Å². The summed E-state index contributed by atoms with van der Waals surface area (Å²) in [4.78, 5) is 13.8. The average molecular weight is 274 g/mol. The fraction of sp³-hybridized carbons (Fsp3) is 0.500. The molecule has 76 valence electrons. The first kappa shape index (κ1) is 10.2. The van der Waals surface area contributed by atoms with Gasteiger partial charge in [0, 0.05) is 23.8 Å². The van der Waals surface area contributed by atoms with E-state index in [1.165, 1.54) is 0 Å². The van der Waals surface area contributed by atoms with E-state index in [1.807, 2.05) is 21.7 Å². The van der Waals surface area contributed by atoms with Crippen molar-refractivity contribution >= 4 is 33.2 Å². The molecule has 1 unspecified atom stereocenters. The quantitative estimate of drug-likeness (QED) is 0.759. The molecule has 1 aliphatic heterocycles. The first-order chi connectivity index (χ1) is 6.81. The van der Waals surface area contributed by atoms with Crippen LogP contribution < -0.4 is 0 Å². The van der Waals surface area contributed by atoms with Gasteiger partial charge in [-0.25, -0.2) is 0 Å². The van der Waals surface area contributed by atoms with Crippen LogP contribution in [0.3, 0.4) is 0 Å². The lowest BCUT2D eigenvalue weighted by atomic mass is 10.2. The number of alkyl halides is 1. The van der Waals surface area contributed by atoms with E-state index >= 15 is 0 Å². The van der Waals surface area contributed by atoms with Gasteiger partial charge in [0.15, 0.2) is 0 Å². The van der Waals surface area contributed by atoms with Crippen molar-refractivity contribution in [3.63, 3.8) is 0 Å². The van der Waals surface area contributed by atoms with Gasteiger partial charge >= 0.3 is 0 Å². The smallest absolute Gasteiger partial charge is 0.254 e. The van der Waals surface area contributed by atoms with Crippen molar-refractivity contribution < 1.29 is 4.79 Å². The number of halogens is 1. The number of amides is 1. The second-order valence-electron chi connectivity index (χ2n) is 3.57. The summed E-state index contributed by atoms with van der Waals surface area (Å²) in [5.41, 5.74) is 0.838. The van der Waals surface area contributed by atoms with Gasteiger partial charge in [-0.1, -0.05) is 15.9 Å². The predicted molar refractivity (Wildman–Crippen MR) is 62.1 cm³/mol. The van der Waals surface area contributed by atoms with Crippen LogP contribution in [0.2, 0.25) is 0 Å². The van der Waals surface area contributed by atoms with E-state index in [0.717, 1.165) is 30.4 Å². The number of hydrogen-bond donors (Lipinski definition) is 0. The minimum absolute atomic E-state index is 0.190. The van der Waals surface area contributed by atoms with Crippen LogP contribution in [-0.4, -0.2) is 29.2 Å². The molecule has 1 amide bonds. The van der Waals surface area contributed by atoms with Gasteiger partial charge in [-0.2, -0.15) is 11.3 Å². The number of nitrogens with zero attached hydrogens (tertiary/aromatic N) is 1.